The summed E-state index contributed by atoms with van der Waals surface area (Å²) in [6.45, 7) is -0.611. The highest BCUT2D eigenvalue weighted by molar-refractivity contribution is 5.16. The third kappa shape index (κ3) is 2.30. The molecule has 59 valence electrons. The van der Waals surface area contributed by atoms with Crippen LogP contribution in [0.1, 0.15) is 18.2 Å². The fraction of sp³-hybridized carbons (Fsp3) is 0.333. The summed E-state index contributed by atoms with van der Waals surface area (Å²) in [5, 5.41) is 0. The molecule has 0 aliphatic carbocycles. The van der Waals surface area contributed by atoms with E-state index in [2.05, 4.69) is 6.07 Å². The van der Waals surface area contributed by atoms with Crippen LogP contribution in [-0.2, 0) is 0 Å². The van der Waals surface area contributed by atoms with E-state index in [1.807, 2.05) is 0 Å². The average molecular weight is 155 g/mol. The van der Waals surface area contributed by atoms with Gasteiger partial charge in [0.25, 0.3) is 0 Å². The maximum absolute atomic E-state index is 12.9. The molecule has 0 aromatic heterocycles. The molecule has 1 radical (unpaired) electrons. The first-order valence-corrected chi connectivity index (χ1v) is 3.50. The van der Waals surface area contributed by atoms with Crippen molar-refractivity contribution in [2.75, 3.05) is 6.67 Å². The van der Waals surface area contributed by atoms with E-state index >= 15 is 0 Å². The van der Waals surface area contributed by atoms with Crippen molar-refractivity contribution < 1.29 is 8.78 Å². The molecule has 1 aromatic rings. The molecule has 0 spiro atoms. The molecule has 0 N–H and O–H groups in total. The number of hydrogen-bond acceptors (Lipinski definition) is 0. The fourth-order valence-corrected chi connectivity index (χ4v) is 0.871. The zero-order valence-corrected chi connectivity index (χ0v) is 6.06. The van der Waals surface area contributed by atoms with Gasteiger partial charge in [-0.2, -0.15) is 0 Å². The second-order valence-electron chi connectivity index (χ2n) is 2.28. The maximum Gasteiger partial charge on any atom is 0.128 e. The van der Waals surface area contributed by atoms with Crippen LogP contribution in [0.4, 0.5) is 8.78 Å². The molecule has 0 bridgehead atoms. The molecule has 1 atom stereocenters. The number of rotatable bonds is 3. The van der Waals surface area contributed by atoms with Gasteiger partial charge < -0.3 is 0 Å². The van der Waals surface area contributed by atoms with Crippen LogP contribution < -0.4 is 0 Å². The molecule has 0 saturated carbocycles. The quantitative estimate of drug-likeness (QED) is 0.629. The standard InChI is InChI=1S/C9H9F2/c10-7-6-9(11)8-4-2-1-3-5-8/h2-5,9H,6-7H2. The van der Waals surface area contributed by atoms with E-state index in [4.69, 9.17) is 0 Å². The first-order chi connectivity index (χ1) is 5.34. The Bertz CT molecular complexity index is 196. The van der Waals surface area contributed by atoms with Gasteiger partial charge in [-0.1, -0.05) is 24.3 Å². The van der Waals surface area contributed by atoms with E-state index in [1.54, 1.807) is 24.3 Å². The first-order valence-electron chi connectivity index (χ1n) is 3.50. The van der Waals surface area contributed by atoms with Gasteiger partial charge >= 0.3 is 0 Å². The monoisotopic (exact) mass is 155 g/mol. The molecule has 2 heteroatoms. The zero-order valence-electron chi connectivity index (χ0n) is 6.06. The normalized spacial score (nSPS) is 12.9. The van der Waals surface area contributed by atoms with Crippen LogP contribution in [-0.4, -0.2) is 6.67 Å². The molecule has 1 unspecified atom stereocenters. The lowest BCUT2D eigenvalue weighted by Gasteiger charge is -2.03. The van der Waals surface area contributed by atoms with Crippen molar-refractivity contribution in [3.8, 4) is 0 Å². The minimum absolute atomic E-state index is 0.0516. The van der Waals surface area contributed by atoms with Crippen LogP contribution in [0.15, 0.2) is 24.3 Å². The average Bonchev–Trinajstić information content (AvgIpc) is 2.07. The van der Waals surface area contributed by atoms with Crippen LogP contribution >= 0.6 is 0 Å². The summed E-state index contributed by atoms with van der Waals surface area (Å²) in [5.41, 5.74) is 0.529. The first kappa shape index (κ1) is 8.18. The Morgan fingerprint density at radius 2 is 2.00 bits per heavy atom. The summed E-state index contributed by atoms with van der Waals surface area (Å²) in [7, 11) is 0. The number of alkyl halides is 2. The van der Waals surface area contributed by atoms with Crippen LogP contribution in [0.2, 0.25) is 0 Å². The van der Waals surface area contributed by atoms with Crippen molar-refractivity contribution in [2.45, 2.75) is 12.6 Å². The Morgan fingerprint density at radius 1 is 1.36 bits per heavy atom. The summed E-state index contributed by atoms with van der Waals surface area (Å²) in [6, 6.07) is 9.24. The minimum atomic E-state index is -1.17. The molecular formula is C9H9F2. The largest absolute Gasteiger partial charge is 0.251 e. The Labute approximate surface area is 64.9 Å². The van der Waals surface area contributed by atoms with Gasteiger partial charge in [0.2, 0.25) is 0 Å². The van der Waals surface area contributed by atoms with Gasteiger partial charge in [-0.3, -0.25) is 4.39 Å². The summed E-state index contributed by atoms with van der Waals surface area (Å²) in [4.78, 5) is 0. The summed E-state index contributed by atoms with van der Waals surface area (Å²) >= 11 is 0. The van der Waals surface area contributed by atoms with Gasteiger partial charge in [-0.05, 0) is 11.6 Å². The SMILES string of the molecule is FCCC(F)c1cc[c]cc1. The molecule has 11 heavy (non-hydrogen) atoms. The van der Waals surface area contributed by atoms with Crippen molar-refractivity contribution >= 4 is 0 Å². The maximum atomic E-state index is 12.9. The van der Waals surface area contributed by atoms with Gasteiger partial charge in [0.05, 0.1) is 6.67 Å². The molecule has 0 nitrogen and oxygen atoms in total. The van der Waals surface area contributed by atoms with Gasteiger partial charge in [-0.15, -0.1) is 0 Å². The van der Waals surface area contributed by atoms with E-state index < -0.39 is 12.8 Å². The highest BCUT2D eigenvalue weighted by atomic mass is 19.1. The summed E-state index contributed by atoms with van der Waals surface area (Å²) in [5.74, 6) is 0. The lowest BCUT2D eigenvalue weighted by Crippen LogP contribution is -1.91. The van der Waals surface area contributed by atoms with E-state index in [-0.39, 0.29) is 6.42 Å². The third-order valence-electron chi connectivity index (χ3n) is 1.47. The molecule has 0 amide bonds. The van der Waals surface area contributed by atoms with Crippen molar-refractivity contribution in [1.29, 1.82) is 0 Å². The Morgan fingerprint density at radius 3 is 2.55 bits per heavy atom. The van der Waals surface area contributed by atoms with Crippen LogP contribution in [0, 0.1) is 6.07 Å². The number of halogens is 2. The highest BCUT2D eigenvalue weighted by Gasteiger charge is 2.07. The van der Waals surface area contributed by atoms with Gasteiger partial charge in [0.15, 0.2) is 0 Å². The van der Waals surface area contributed by atoms with Crippen molar-refractivity contribution in [1.82, 2.24) is 0 Å². The second-order valence-corrected chi connectivity index (χ2v) is 2.28. The zero-order chi connectivity index (χ0) is 8.10. The van der Waals surface area contributed by atoms with Crippen molar-refractivity contribution in [3.63, 3.8) is 0 Å². The molecule has 0 aliphatic heterocycles. The van der Waals surface area contributed by atoms with E-state index in [0.717, 1.165) is 0 Å². The van der Waals surface area contributed by atoms with Gasteiger partial charge in [0.1, 0.15) is 6.17 Å². The molecular weight excluding hydrogens is 146 g/mol. The molecule has 0 fully saturated rings. The Balaban J connectivity index is 2.61. The predicted molar refractivity (Wildman–Crippen MR) is 39.7 cm³/mol. The highest BCUT2D eigenvalue weighted by Crippen LogP contribution is 2.19. The predicted octanol–water partition coefficient (Wildman–Crippen LogP) is 2.86. The summed E-state index contributed by atoms with van der Waals surface area (Å²) in [6.07, 6.45) is -1.22. The number of hydrogen-bond donors (Lipinski definition) is 0. The lowest BCUT2D eigenvalue weighted by atomic mass is 10.1. The van der Waals surface area contributed by atoms with Crippen LogP contribution in [0.5, 0.6) is 0 Å². The molecule has 0 aliphatic rings. The molecule has 0 heterocycles. The second kappa shape index (κ2) is 4.06. The van der Waals surface area contributed by atoms with Crippen LogP contribution in [0.3, 0.4) is 0 Å². The third-order valence-corrected chi connectivity index (χ3v) is 1.47. The molecule has 0 saturated heterocycles. The number of benzene rings is 1. The van der Waals surface area contributed by atoms with E-state index in [9.17, 15) is 8.78 Å². The molecule has 1 rings (SSSR count). The van der Waals surface area contributed by atoms with E-state index in [1.165, 1.54) is 0 Å². The smallest absolute Gasteiger partial charge is 0.128 e. The minimum Gasteiger partial charge on any atom is -0.251 e. The lowest BCUT2D eigenvalue weighted by molar-refractivity contribution is 0.290. The topological polar surface area (TPSA) is 0 Å². The molecule has 1 aromatic carbocycles. The van der Waals surface area contributed by atoms with Crippen LogP contribution in [0.25, 0.3) is 0 Å². The van der Waals surface area contributed by atoms with Crippen molar-refractivity contribution in [3.05, 3.63) is 35.9 Å². The fourth-order valence-electron chi connectivity index (χ4n) is 0.871. The summed E-state index contributed by atoms with van der Waals surface area (Å²) < 4.78 is 24.6. The van der Waals surface area contributed by atoms with E-state index in [0.29, 0.717) is 5.56 Å². The van der Waals surface area contributed by atoms with Crippen molar-refractivity contribution in [2.24, 2.45) is 0 Å². The van der Waals surface area contributed by atoms with Gasteiger partial charge in [0, 0.05) is 6.42 Å². The Kier molecular flexibility index (Phi) is 3.02. The Hall–Kier alpha value is -0.920. The van der Waals surface area contributed by atoms with Gasteiger partial charge in [-0.25, -0.2) is 4.39 Å².